The highest BCUT2D eigenvalue weighted by atomic mass is 35.5. The number of benzene rings is 1. The normalized spacial score (nSPS) is 19.9. The Kier molecular flexibility index (Phi) is 5.72. The summed E-state index contributed by atoms with van der Waals surface area (Å²) in [6.45, 7) is 0.367. The van der Waals surface area contributed by atoms with Crippen molar-refractivity contribution in [3.05, 3.63) is 52.0 Å². The summed E-state index contributed by atoms with van der Waals surface area (Å²) in [5, 5.41) is 0.904. The van der Waals surface area contributed by atoms with E-state index in [0.29, 0.717) is 41.7 Å². The van der Waals surface area contributed by atoms with Gasteiger partial charge in [0.05, 0.1) is 10.0 Å². The van der Waals surface area contributed by atoms with Crippen molar-refractivity contribution in [2.75, 3.05) is 30.4 Å². The molecule has 1 unspecified atom stereocenters. The maximum Gasteiger partial charge on any atom is 0.228 e. The highest BCUT2D eigenvalue weighted by Crippen LogP contribution is 2.40. The summed E-state index contributed by atoms with van der Waals surface area (Å²) in [6.07, 6.45) is 2.11. The van der Waals surface area contributed by atoms with Crippen molar-refractivity contribution in [3.63, 3.8) is 0 Å². The summed E-state index contributed by atoms with van der Waals surface area (Å²) >= 11 is 12.3. The molecule has 1 saturated heterocycles. The number of nitrogens with zero attached hydrogens (tertiary/aromatic N) is 3. The largest absolute Gasteiger partial charge is 0.363 e. The number of amides is 1. The van der Waals surface area contributed by atoms with Gasteiger partial charge in [0.15, 0.2) is 0 Å². The number of hydrogen-bond acceptors (Lipinski definition) is 4. The van der Waals surface area contributed by atoms with Gasteiger partial charge in [0, 0.05) is 38.9 Å². The topological polar surface area (TPSA) is 53.5 Å². The first-order chi connectivity index (χ1) is 12.9. The third-order valence-electron chi connectivity index (χ3n) is 5.04. The number of halogens is 2. The molecule has 0 bridgehead atoms. The average Bonchev–Trinajstić information content (AvgIpc) is 2.66. The molecule has 0 spiro atoms. The van der Waals surface area contributed by atoms with Gasteiger partial charge in [0.1, 0.15) is 17.9 Å². The Balaban J connectivity index is 2.02. The second kappa shape index (κ2) is 7.87. The van der Waals surface area contributed by atoms with E-state index >= 15 is 0 Å². The molecule has 2 aromatic rings. The van der Waals surface area contributed by atoms with Crippen LogP contribution in [0.25, 0.3) is 0 Å². The van der Waals surface area contributed by atoms with Crippen LogP contribution < -0.4 is 9.80 Å². The van der Waals surface area contributed by atoms with Crippen LogP contribution in [0.4, 0.5) is 11.6 Å². The number of pyridine rings is 1. The van der Waals surface area contributed by atoms with Gasteiger partial charge in [0.2, 0.25) is 5.91 Å². The van der Waals surface area contributed by atoms with Gasteiger partial charge in [-0.2, -0.15) is 0 Å². The van der Waals surface area contributed by atoms with Crippen molar-refractivity contribution in [2.24, 2.45) is 0 Å². The highest BCUT2D eigenvalue weighted by molar-refractivity contribution is 6.42. The van der Waals surface area contributed by atoms with Crippen molar-refractivity contribution < 1.29 is 9.59 Å². The molecular weight excluding hydrogens is 385 g/mol. The molecule has 27 heavy (non-hydrogen) atoms. The maximum absolute atomic E-state index is 12.7. The van der Waals surface area contributed by atoms with E-state index in [-0.39, 0.29) is 5.91 Å². The Hall–Kier alpha value is -2.11. The highest BCUT2D eigenvalue weighted by Gasteiger charge is 2.41. The lowest BCUT2D eigenvalue weighted by molar-refractivity contribution is -0.121. The van der Waals surface area contributed by atoms with Crippen molar-refractivity contribution in [1.29, 1.82) is 0 Å². The van der Waals surface area contributed by atoms with Crippen LogP contribution in [0, 0.1) is 0 Å². The molecule has 5 nitrogen and oxygen atoms in total. The third-order valence-corrected chi connectivity index (χ3v) is 5.78. The first kappa shape index (κ1) is 19.6. The van der Waals surface area contributed by atoms with Crippen LogP contribution in [-0.2, 0) is 15.0 Å². The van der Waals surface area contributed by atoms with Crippen molar-refractivity contribution in [3.8, 4) is 0 Å². The Labute approximate surface area is 168 Å². The third kappa shape index (κ3) is 3.94. The summed E-state index contributed by atoms with van der Waals surface area (Å²) in [5.74, 6) is 1.35. The van der Waals surface area contributed by atoms with Crippen LogP contribution in [0.1, 0.15) is 24.8 Å². The Bertz CT molecular complexity index is 872. The first-order valence-electron chi connectivity index (χ1n) is 8.70. The lowest BCUT2D eigenvalue weighted by atomic mass is 9.72. The van der Waals surface area contributed by atoms with Crippen LogP contribution >= 0.6 is 23.2 Å². The molecule has 1 amide bonds. The minimum absolute atomic E-state index is 0.00000873. The lowest BCUT2D eigenvalue weighted by Gasteiger charge is -2.42. The smallest absolute Gasteiger partial charge is 0.228 e. The number of rotatable bonds is 5. The zero-order valence-electron chi connectivity index (χ0n) is 15.3. The molecule has 0 N–H and O–H groups in total. The zero-order valence-corrected chi connectivity index (χ0v) is 16.8. The van der Waals surface area contributed by atoms with Gasteiger partial charge in [-0.1, -0.05) is 35.3 Å². The molecule has 7 heteroatoms. The molecule has 0 radical (unpaired) electrons. The van der Waals surface area contributed by atoms with Gasteiger partial charge in [-0.3, -0.25) is 9.69 Å². The van der Waals surface area contributed by atoms with Gasteiger partial charge in [0.25, 0.3) is 0 Å². The minimum atomic E-state index is -0.514. The average molecular weight is 406 g/mol. The van der Waals surface area contributed by atoms with E-state index in [1.165, 1.54) is 0 Å². The number of piperidine rings is 1. The predicted octanol–water partition coefficient (Wildman–Crippen LogP) is 4.11. The number of hydrogen-bond donors (Lipinski definition) is 0. The number of aromatic nitrogens is 1. The molecule has 1 aliphatic heterocycles. The SMILES string of the molecule is CN(C)c1cccc(N2CC(CC=O)(c3ccc(Cl)c(Cl)c3)CCC2=O)n1. The minimum Gasteiger partial charge on any atom is -0.363 e. The van der Waals surface area contributed by atoms with Crippen LogP contribution in [0.2, 0.25) is 10.0 Å². The van der Waals surface area contributed by atoms with E-state index in [1.807, 2.05) is 43.3 Å². The molecule has 2 heterocycles. The van der Waals surface area contributed by atoms with Crippen LogP contribution in [0.15, 0.2) is 36.4 Å². The number of anilines is 2. The quantitative estimate of drug-likeness (QED) is 0.702. The summed E-state index contributed by atoms with van der Waals surface area (Å²) in [4.78, 5) is 32.3. The van der Waals surface area contributed by atoms with Crippen molar-refractivity contribution >= 4 is 47.0 Å². The van der Waals surface area contributed by atoms with Crippen molar-refractivity contribution in [2.45, 2.75) is 24.7 Å². The number of carbonyl (C=O) groups is 2. The molecule has 1 aliphatic rings. The molecule has 1 atom stereocenters. The second-order valence-corrected chi connectivity index (χ2v) is 7.82. The zero-order chi connectivity index (χ0) is 19.6. The van der Waals surface area contributed by atoms with Gasteiger partial charge >= 0.3 is 0 Å². The Morgan fingerprint density at radius 1 is 1.22 bits per heavy atom. The van der Waals surface area contributed by atoms with Gasteiger partial charge in [-0.15, -0.1) is 0 Å². The van der Waals surface area contributed by atoms with Crippen LogP contribution in [-0.4, -0.2) is 37.8 Å². The van der Waals surface area contributed by atoms with E-state index in [1.54, 1.807) is 17.0 Å². The van der Waals surface area contributed by atoms with Gasteiger partial charge < -0.3 is 9.69 Å². The number of carbonyl (C=O) groups excluding carboxylic acids is 2. The molecule has 3 rings (SSSR count). The van der Waals surface area contributed by atoms with Crippen LogP contribution in [0.3, 0.4) is 0 Å². The fourth-order valence-electron chi connectivity index (χ4n) is 3.48. The standard InChI is InChI=1S/C20H21Cl2N3O2/c1-24(2)17-4-3-5-18(23-17)25-13-20(10-11-26,9-8-19(25)27)14-6-7-15(21)16(22)12-14/h3-7,11-12H,8-10,13H2,1-2H3. The molecular formula is C20H21Cl2N3O2. The molecule has 1 aromatic carbocycles. The Morgan fingerprint density at radius 2 is 2.00 bits per heavy atom. The number of aldehydes is 1. The predicted molar refractivity (Wildman–Crippen MR) is 109 cm³/mol. The van der Waals surface area contributed by atoms with Crippen LogP contribution in [0.5, 0.6) is 0 Å². The van der Waals surface area contributed by atoms with E-state index in [0.717, 1.165) is 17.7 Å². The monoisotopic (exact) mass is 405 g/mol. The van der Waals surface area contributed by atoms with Gasteiger partial charge in [-0.05, 0) is 36.2 Å². The fourth-order valence-corrected chi connectivity index (χ4v) is 3.78. The van der Waals surface area contributed by atoms with Gasteiger partial charge in [-0.25, -0.2) is 4.98 Å². The lowest BCUT2D eigenvalue weighted by Crippen LogP contribution is -2.49. The Morgan fingerprint density at radius 3 is 2.67 bits per heavy atom. The molecule has 1 fully saturated rings. The summed E-state index contributed by atoms with van der Waals surface area (Å²) < 4.78 is 0. The second-order valence-electron chi connectivity index (χ2n) is 7.01. The molecule has 142 valence electrons. The molecule has 1 aromatic heterocycles. The first-order valence-corrected chi connectivity index (χ1v) is 9.46. The summed E-state index contributed by atoms with van der Waals surface area (Å²) in [7, 11) is 3.80. The van der Waals surface area contributed by atoms with Crippen molar-refractivity contribution in [1.82, 2.24) is 4.98 Å². The maximum atomic E-state index is 12.7. The summed E-state index contributed by atoms with van der Waals surface area (Å²) in [6, 6.07) is 11.0. The summed E-state index contributed by atoms with van der Waals surface area (Å²) in [5.41, 5.74) is 0.393. The molecule has 0 aliphatic carbocycles. The van der Waals surface area contributed by atoms with E-state index in [9.17, 15) is 9.59 Å². The van der Waals surface area contributed by atoms with E-state index in [4.69, 9.17) is 23.2 Å². The fraction of sp³-hybridized carbons (Fsp3) is 0.350. The van der Waals surface area contributed by atoms with E-state index < -0.39 is 5.41 Å². The molecule has 0 saturated carbocycles. The van der Waals surface area contributed by atoms with E-state index in [2.05, 4.69) is 4.98 Å².